The van der Waals surface area contributed by atoms with E-state index in [1.54, 1.807) is 11.0 Å². The summed E-state index contributed by atoms with van der Waals surface area (Å²) in [5.74, 6) is -0.111. The Kier molecular flexibility index (Phi) is 3.96. The van der Waals surface area contributed by atoms with Gasteiger partial charge in [-0.1, -0.05) is 36.4 Å². The summed E-state index contributed by atoms with van der Waals surface area (Å²) in [4.78, 5) is 25.8. The molecule has 2 aliphatic rings. The zero-order valence-corrected chi connectivity index (χ0v) is 12.2. The van der Waals surface area contributed by atoms with Crippen molar-refractivity contribution in [3.63, 3.8) is 0 Å². The fourth-order valence-electron chi connectivity index (χ4n) is 2.91. The van der Waals surface area contributed by atoms with Gasteiger partial charge in [-0.25, -0.2) is 4.79 Å². The van der Waals surface area contributed by atoms with Gasteiger partial charge in [-0.05, 0) is 18.4 Å². The zero-order chi connectivity index (χ0) is 15.5. The predicted molar refractivity (Wildman–Crippen MR) is 81.7 cm³/mol. The molecular formula is C17H18N2O3. The maximum Gasteiger partial charge on any atom is 0.414 e. The SMILES string of the molecule is C=CCC1=C2[C@H](CCN2C(=O)OCc2ccccc2)NC1=O. The standard InChI is InChI=1S/C17H18N2O3/c1-2-6-13-15-14(18-16(13)20)9-10-19(15)17(21)22-11-12-7-4-3-5-8-12/h2-5,7-8,14H,1,6,9-11H2,(H,18,20)/t14-/m0/s1. The molecule has 1 aromatic carbocycles. The van der Waals surface area contributed by atoms with Gasteiger partial charge in [-0.3, -0.25) is 9.69 Å². The third-order valence-electron chi connectivity index (χ3n) is 3.92. The average Bonchev–Trinajstić information content (AvgIpc) is 3.06. The topological polar surface area (TPSA) is 58.6 Å². The van der Waals surface area contributed by atoms with Crippen molar-refractivity contribution in [2.24, 2.45) is 0 Å². The smallest absolute Gasteiger partial charge is 0.414 e. The largest absolute Gasteiger partial charge is 0.444 e. The summed E-state index contributed by atoms with van der Waals surface area (Å²) in [6.07, 6.45) is 2.46. The predicted octanol–water partition coefficient (Wildman–Crippen LogP) is 2.36. The van der Waals surface area contributed by atoms with Gasteiger partial charge in [-0.15, -0.1) is 6.58 Å². The maximum absolute atomic E-state index is 12.3. The van der Waals surface area contributed by atoms with Crippen molar-refractivity contribution < 1.29 is 14.3 Å². The lowest BCUT2D eigenvalue weighted by molar-refractivity contribution is -0.117. The van der Waals surface area contributed by atoms with Crippen LogP contribution >= 0.6 is 0 Å². The van der Waals surface area contributed by atoms with E-state index in [-0.39, 0.29) is 18.6 Å². The second kappa shape index (κ2) is 6.05. The van der Waals surface area contributed by atoms with Gasteiger partial charge >= 0.3 is 6.09 Å². The average molecular weight is 298 g/mol. The number of carbonyl (C=O) groups excluding carboxylic acids is 2. The van der Waals surface area contributed by atoms with Gasteiger partial charge in [-0.2, -0.15) is 0 Å². The molecular weight excluding hydrogens is 280 g/mol. The van der Waals surface area contributed by atoms with Crippen LogP contribution in [0.15, 0.2) is 54.3 Å². The van der Waals surface area contributed by atoms with E-state index in [4.69, 9.17) is 4.74 Å². The molecule has 114 valence electrons. The van der Waals surface area contributed by atoms with Crippen molar-refractivity contribution in [3.8, 4) is 0 Å². The lowest BCUT2D eigenvalue weighted by Gasteiger charge is -2.18. The first kappa shape index (κ1) is 14.4. The van der Waals surface area contributed by atoms with Crippen LogP contribution in [0.3, 0.4) is 0 Å². The molecule has 2 aliphatic heterocycles. The number of amides is 2. The molecule has 1 saturated heterocycles. The third-order valence-corrected chi connectivity index (χ3v) is 3.92. The molecule has 1 N–H and O–H groups in total. The summed E-state index contributed by atoms with van der Waals surface area (Å²) >= 11 is 0. The molecule has 0 radical (unpaired) electrons. The van der Waals surface area contributed by atoms with Crippen LogP contribution in [0, 0.1) is 0 Å². The van der Waals surface area contributed by atoms with E-state index in [1.165, 1.54) is 0 Å². The van der Waals surface area contributed by atoms with Crippen LogP contribution in [0.1, 0.15) is 18.4 Å². The van der Waals surface area contributed by atoms with Crippen LogP contribution < -0.4 is 5.32 Å². The number of fused-ring (bicyclic) bond motifs is 1. The third kappa shape index (κ3) is 2.62. The van der Waals surface area contributed by atoms with Crippen molar-refractivity contribution in [2.45, 2.75) is 25.5 Å². The molecule has 5 nitrogen and oxygen atoms in total. The highest BCUT2D eigenvalue weighted by molar-refractivity contribution is 5.99. The van der Waals surface area contributed by atoms with E-state index in [0.717, 1.165) is 17.7 Å². The summed E-state index contributed by atoms with van der Waals surface area (Å²) in [6, 6.07) is 9.45. The Morgan fingerprint density at radius 2 is 2.18 bits per heavy atom. The second-order valence-electron chi connectivity index (χ2n) is 5.36. The van der Waals surface area contributed by atoms with Gasteiger partial charge < -0.3 is 10.1 Å². The molecule has 1 atom stereocenters. The molecule has 0 aromatic heterocycles. The molecule has 1 aromatic rings. The van der Waals surface area contributed by atoms with Gasteiger partial charge in [0.1, 0.15) is 6.61 Å². The minimum atomic E-state index is -0.403. The molecule has 0 spiro atoms. The molecule has 0 bridgehead atoms. The van der Waals surface area contributed by atoms with Crippen molar-refractivity contribution in [3.05, 3.63) is 59.8 Å². The summed E-state index contributed by atoms with van der Waals surface area (Å²) < 4.78 is 5.37. The number of hydrogen-bond donors (Lipinski definition) is 1. The Morgan fingerprint density at radius 1 is 1.41 bits per heavy atom. The van der Waals surface area contributed by atoms with Crippen molar-refractivity contribution in [2.75, 3.05) is 6.54 Å². The van der Waals surface area contributed by atoms with Crippen LogP contribution in [0.2, 0.25) is 0 Å². The van der Waals surface area contributed by atoms with E-state index in [2.05, 4.69) is 11.9 Å². The highest BCUT2D eigenvalue weighted by Gasteiger charge is 2.41. The van der Waals surface area contributed by atoms with E-state index >= 15 is 0 Å². The number of nitrogens with one attached hydrogen (secondary N) is 1. The van der Waals surface area contributed by atoms with Crippen LogP contribution in [-0.4, -0.2) is 29.5 Å². The Bertz CT molecular complexity index is 637. The van der Waals surface area contributed by atoms with Gasteiger partial charge in [0, 0.05) is 12.1 Å². The maximum atomic E-state index is 12.3. The van der Waals surface area contributed by atoms with E-state index < -0.39 is 6.09 Å². The lowest BCUT2D eigenvalue weighted by Crippen LogP contribution is -2.29. The quantitative estimate of drug-likeness (QED) is 0.868. The van der Waals surface area contributed by atoms with Crippen molar-refractivity contribution >= 4 is 12.0 Å². The first-order chi connectivity index (χ1) is 10.7. The normalized spacial score (nSPS) is 19.9. The Hall–Kier alpha value is -2.56. The lowest BCUT2D eigenvalue weighted by atomic mass is 10.1. The number of allylic oxidation sites excluding steroid dienone is 1. The van der Waals surface area contributed by atoms with Gasteiger partial charge in [0.25, 0.3) is 0 Å². The van der Waals surface area contributed by atoms with Crippen LogP contribution in [0.4, 0.5) is 4.79 Å². The number of benzene rings is 1. The van der Waals surface area contributed by atoms with Crippen molar-refractivity contribution in [1.29, 1.82) is 0 Å². The molecule has 3 rings (SSSR count). The molecule has 5 heteroatoms. The Balaban J connectivity index is 1.72. The number of ether oxygens (including phenoxy) is 1. The Morgan fingerprint density at radius 3 is 2.91 bits per heavy atom. The molecule has 1 fully saturated rings. The van der Waals surface area contributed by atoms with Crippen LogP contribution in [0.25, 0.3) is 0 Å². The first-order valence-corrected chi connectivity index (χ1v) is 7.33. The minimum Gasteiger partial charge on any atom is -0.444 e. The highest BCUT2D eigenvalue weighted by Crippen LogP contribution is 2.32. The molecule has 22 heavy (non-hydrogen) atoms. The van der Waals surface area contributed by atoms with E-state index in [0.29, 0.717) is 18.5 Å². The Labute approximate surface area is 129 Å². The van der Waals surface area contributed by atoms with Gasteiger partial charge in [0.2, 0.25) is 5.91 Å². The van der Waals surface area contributed by atoms with Crippen LogP contribution in [0.5, 0.6) is 0 Å². The monoisotopic (exact) mass is 298 g/mol. The summed E-state index contributed by atoms with van der Waals surface area (Å²) in [7, 11) is 0. The molecule has 0 unspecified atom stereocenters. The number of hydrogen-bond acceptors (Lipinski definition) is 3. The second-order valence-corrected chi connectivity index (χ2v) is 5.36. The van der Waals surface area contributed by atoms with E-state index in [9.17, 15) is 9.59 Å². The molecule has 2 heterocycles. The number of likely N-dealkylation sites (tertiary alicyclic amines) is 1. The first-order valence-electron chi connectivity index (χ1n) is 7.33. The minimum absolute atomic E-state index is 0.0771. The van der Waals surface area contributed by atoms with E-state index in [1.807, 2.05) is 30.3 Å². The van der Waals surface area contributed by atoms with Gasteiger partial charge in [0.05, 0.1) is 11.7 Å². The summed E-state index contributed by atoms with van der Waals surface area (Å²) in [5.41, 5.74) is 2.31. The highest BCUT2D eigenvalue weighted by atomic mass is 16.6. The van der Waals surface area contributed by atoms with Crippen molar-refractivity contribution in [1.82, 2.24) is 10.2 Å². The fourth-order valence-corrected chi connectivity index (χ4v) is 2.91. The van der Waals surface area contributed by atoms with Crippen LogP contribution in [-0.2, 0) is 16.1 Å². The number of carbonyl (C=O) groups is 2. The molecule has 0 saturated carbocycles. The zero-order valence-electron chi connectivity index (χ0n) is 12.2. The van der Waals surface area contributed by atoms with Gasteiger partial charge in [0.15, 0.2) is 0 Å². The fraction of sp³-hybridized carbons (Fsp3) is 0.294. The molecule has 2 amide bonds. The number of rotatable bonds is 4. The number of nitrogens with zero attached hydrogens (tertiary/aromatic N) is 1. The molecule has 0 aliphatic carbocycles. The summed E-state index contributed by atoms with van der Waals surface area (Å²) in [5, 5.41) is 2.90. The summed E-state index contributed by atoms with van der Waals surface area (Å²) in [6.45, 7) is 4.46.